The number of hydrogen-bond donors (Lipinski definition) is 5. The first-order valence-electron chi connectivity index (χ1n) is 12.5. The van der Waals surface area contributed by atoms with Gasteiger partial charge in [-0.15, -0.1) is 0 Å². The predicted octanol–water partition coefficient (Wildman–Crippen LogP) is 3.27. The minimum atomic E-state index is -1.68. The first-order chi connectivity index (χ1) is 17.6. The Bertz CT molecular complexity index is 1120. The molecule has 6 N–H and O–H groups in total. The molecular formula is C30H38N4O3. The van der Waals surface area contributed by atoms with Crippen molar-refractivity contribution in [2.75, 3.05) is 0 Å². The maximum absolute atomic E-state index is 13.1. The zero-order valence-corrected chi connectivity index (χ0v) is 21.7. The number of nitrogens with two attached hydrogens (primary N) is 1. The fourth-order valence-electron chi connectivity index (χ4n) is 4.42. The SMILES string of the molecule is CC(C)(C)NC(Cc1ccccc1)C(O)C(NC(=O)NCc1ccccc1)C(N)(C=O)c1ccccc1. The van der Waals surface area contributed by atoms with Crippen LogP contribution in [0.5, 0.6) is 0 Å². The summed E-state index contributed by atoms with van der Waals surface area (Å²) < 4.78 is 0. The first kappa shape index (κ1) is 28.1. The van der Waals surface area contributed by atoms with Crippen molar-refractivity contribution in [3.63, 3.8) is 0 Å². The van der Waals surface area contributed by atoms with Crippen molar-refractivity contribution in [2.45, 2.75) is 63.0 Å². The van der Waals surface area contributed by atoms with Crippen molar-refractivity contribution in [1.29, 1.82) is 0 Å². The number of aliphatic hydroxyl groups is 1. The third-order valence-corrected chi connectivity index (χ3v) is 6.24. The molecule has 0 spiro atoms. The van der Waals surface area contributed by atoms with E-state index in [0.29, 0.717) is 18.3 Å². The second kappa shape index (κ2) is 12.6. The van der Waals surface area contributed by atoms with Gasteiger partial charge in [-0.1, -0.05) is 91.0 Å². The van der Waals surface area contributed by atoms with Crippen molar-refractivity contribution in [3.8, 4) is 0 Å². The number of amides is 2. The molecule has 0 aliphatic carbocycles. The number of benzene rings is 3. The molecule has 0 fully saturated rings. The third kappa shape index (κ3) is 7.98. The minimum Gasteiger partial charge on any atom is -0.389 e. The lowest BCUT2D eigenvalue weighted by atomic mass is 9.79. The molecule has 7 nitrogen and oxygen atoms in total. The molecule has 0 aromatic heterocycles. The normalized spacial score (nSPS) is 15.6. The summed E-state index contributed by atoms with van der Waals surface area (Å²) >= 11 is 0. The van der Waals surface area contributed by atoms with E-state index in [1.165, 1.54) is 0 Å². The fourth-order valence-corrected chi connectivity index (χ4v) is 4.42. The van der Waals surface area contributed by atoms with Crippen LogP contribution in [0.25, 0.3) is 0 Å². The molecule has 0 bridgehead atoms. The van der Waals surface area contributed by atoms with Crippen LogP contribution in [0.1, 0.15) is 37.5 Å². The summed E-state index contributed by atoms with van der Waals surface area (Å²) in [5, 5.41) is 20.9. The van der Waals surface area contributed by atoms with Gasteiger partial charge in [-0.25, -0.2) is 4.79 Å². The van der Waals surface area contributed by atoms with Gasteiger partial charge in [0.05, 0.1) is 12.1 Å². The van der Waals surface area contributed by atoms with E-state index in [9.17, 15) is 14.7 Å². The number of carbonyl (C=O) groups is 2. The Balaban J connectivity index is 1.94. The summed E-state index contributed by atoms with van der Waals surface area (Å²) in [5.74, 6) is 0. The average molecular weight is 503 g/mol. The number of rotatable bonds is 11. The number of nitrogens with one attached hydrogen (secondary N) is 3. The van der Waals surface area contributed by atoms with Crippen molar-refractivity contribution >= 4 is 12.3 Å². The second-order valence-corrected chi connectivity index (χ2v) is 10.4. The van der Waals surface area contributed by atoms with Crippen LogP contribution in [-0.4, -0.2) is 41.2 Å². The summed E-state index contributed by atoms with van der Waals surface area (Å²) in [6.45, 7) is 6.28. The van der Waals surface area contributed by atoms with Gasteiger partial charge in [0, 0.05) is 18.1 Å². The minimum absolute atomic E-state index is 0.285. The molecule has 4 unspecified atom stereocenters. The smallest absolute Gasteiger partial charge is 0.315 e. The maximum Gasteiger partial charge on any atom is 0.315 e. The maximum atomic E-state index is 13.1. The Morgan fingerprint density at radius 1 is 0.892 bits per heavy atom. The highest BCUT2D eigenvalue weighted by atomic mass is 16.3. The van der Waals surface area contributed by atoms with Crippen molar-refractivity contribution in [2.24, 2.45) is 5.73 Å². The molecule has 3 aromatic rings. The van der Waals surface area contributed by atoms with Crippen LogP contribution in [0.2, 0.25) is 0 Å². The van der Waals surface area contributed by atoms with E-state index < -0.39 is 29.8 Å². The van der Waals surface area contributed by atoms with E-state index in [4.69, 9.17) is 5.73 Å². The molecule has 3 rings (SSSR count). The summed E-state index contributed by atoms with van der Waals surface area (Å²) in [6, 6.07) is 25.9. The van der Waals surface area contributed by atoms with Gasteiger partial charge in [-0.3, -0.25) is 0 Å². The van der Waals surface area contributed by atoms with E-state index in [1.54, 1.807) is 24.3 Å². The van der Waals surface area contributed by atoms with Gasteiger partial charge in [-0.2, -0.15) is 0 Å². The lowest BCUT2D eigenvalue weighted by molar-refractivity contribution is -0.115. The number of urea groups is 1. The van der Waals surface area contributed by atoms with Crippen LogP contribution >= 0.6 is 0 Å². The molecule has 3 aromatic carbocycles. The highest BCUT2D eigenvalue weighted by Crippen LogP contribution is 2.25. The van der Waals surface area contributed by atoms with Crippen LogP contribution in [0.15, 0.2) is 91.0 Å². The summed E-state index contributed by atoms with van der Waals surface area (Å²) in [4.78, 5) is 25.6. The average Bonchev–Trinajstić information content (AvgIpc) is 2.90. The molecular weight excluding hydrogens is 464 g/mol. The molecule has 196 valence electrons. The van der Waals surface area contributed by atoms with Crippen molar-refractivity contribution in [1.82, 2.24) is 16.0 Å². The molecule has 0 saturated carbocycles. The summed E-state index contributed by atoms with van der Waals surface area (Å²) in [6.07, 6.45) is -0.144. The van der Waals surface area contributed by atoms with E-state index in [-0.39, 0.29) is 12.1 Å². The Morgan fingerprint density at radius 3 is 1.92 bits per heavy atom. The van der Waals surface area contributed by atoms with Gasteiger partial charge in [0.15, 0.2) is 0 Å². The number of carbonyl (C=O) groups excluding carboxylic acids is 2. The molecule has 0 aliphatic heterocycles. The Kier molecular flexibility index (Phi) is 9.58. The van der Waals surface area contributed by atoms with Crippen LogP contribution < -0.4 is 21.7 Å². The van der Waals surface area contributed by atoms with E-state index in [0.717, 1.165) is 11.1 Å². The van der Waals surface area contributed by atoms with Crippen LogP contribution in [0.3, 0.4) is 0 Å². The quantitative estimate of drug-likeness (QED) is 0.258. The summed E-state index contributed by atoms with van der Waals surface area (Å²) in [5.41, 5.74) is 7.10. The second-order valence-electron chi connectivity index (χ2n) is 10.4. The lowest BCUT2D eigenvalue weighted by Gasteiger charge is -2.41. The van der Waals surface area contributed by atoms with E-state index >= 15 is 0 Å². The number of hydrogen-bond acceptors (Lipinski definition) is 5. The van der Waals surface area contributed by atoms with Gasteiger partial charge in [-0.05, 0) is 43.9 Å². The molecule has 4 atom stereocenters. The Morgan fingerprint density at radius 2 is 1.41 bits per heavy atom. The number of aldehydes is 1. The van der Waals surface area contributed by atoms with E-state index in [1.807, 2.05) is 87.5 Å². The molecule has 0 heterocycles. The van der Waals surface area contributed by atoms with Crippen molar-refractivity contribution < 1.29 is 14.7 Å². The number of aliphatic hydroxyl groups excluding tert-OH is 1. The van der Waals surface area contributed by atoms with Gasteiger partial charge in [0.2, 0.25) is 0 Å². The van der Waals surface area contributed by atoms with Gasteiger partial charge >= 0.3 is 6.03 Å². The molecule has 0 saturated heterocycles. The van der Waals surface area contributed by atoms with Crippen LogP contribution in [0.4, 0.5) is 4.79 Å². The lowest BCUT2D eigenvalue weighted by Crippen LogP contribution is -2.68. The fraction of sp³-hybridized carbons (Fsp3) is 0.333. The molecule has 37 heavy (non-hydrogen) atoms. The largest absolute Gasteiger partial charge is 0.389 e. The van der Waals surface area contributed by atoms with Crippen LogP contribution in [-0.2, 0) is 23.3 Å². The molecule has 0 radical (unpaired) electrons. The van der Waals surface area contributed by atoms with Gasteiger partial charge < -0.3 is 31.6 Å². The Hall–Kier alpha value is -3.52. The van der Waals surface area contributed by atoms with Gasteiger partial charge in [0.25, 0.3) is 0 Å². The standard InChI is InChI=1S/C30H38N4O3/c1-29(2,3)34-25(19-22-13-7-4-8-14-22)26(36)27(30(31,21-35)24-17-11-6-12-18-24)33-28(37)32-20-23-15-9-5-10-16-23/h4-18,21,25-27,34,36H,19-20,31H2,1-3H3,(H2,32,33,37). The third-order valence-electron chi connectivity index (χ3n) is 6.24. The molecule has 0 aliphatic rings. The van der Waals surface area contributed by atoms with Crippen LogP contribution in [0, 0.1) is 0 Å². The topological polar surface area (TPSA) is 116 Å². The van der Waals surface area contributed by atoms with Crippen molar-refractivity contribution in [3.05, 3.63) is 108 Å². The zero-order valence-electron chi connectivity index (χ0n) is 21.7. The highest BCUT2D eigenvalue weighted by molar-refractivity contribution is 5.77. The highest BCUT2D eigenvalue weighted by Gasteiger charge is 2.45. The van der Waals surface area contributed by atoms with Gasteiger partial charge in [0.1, 0.15) is 11.8 Å². The monoisotopic (exact) mass is 502 g/mol. The molecule has 7 heteroatoms. The zero-order chi connectivity index (χ0) is 26.9. The molecule has 2 amide bonds. The summed E-state index contributed by atoms with van der Waals surface area (Å²) in [7, 11) is 0. The Labute approximate surface area is 219 Å². The predicted molar refractivity (Wildman–Crippen MR) is 147 cm³/mol. The van der Waals surface area contributed by atoms with E-state index in [2.05, 4.69) is 16.0 Å². The first-order valence-corrected chi connectivity index (χ1v) is 12.5.